The number of benzene rings is 2. The summed E-state index contributed by atoms with van der Waals surface area (Å²) in [6.45, 7) is 5.68. The molecule has 2 aromatic heterocycles. The van der Waals surface area contributed by atoms with Gasteiger partial charge < -0.3 is 18.9 Å². The maximum atomic E-state index is 13.7. The highest BCUT2D eigenvalue weighted by atomic mass is 32.2. The predicted molar refractivity (Wildman–Crippen MR) is 252 cm³/mol. The molecule has 0 bridgehead atoms. The van der Waals surface area contributed by atoms with Gasteiger partial charge in [-0.05, 0) is 83.6 Å². The van der Waals surface area contributed by atoms with Crippen molar-refractivity contribution in [3.05, 3.63) is 84.7 Å². The summed E-state index contributed by atoms with van der Waals surface area (Å²) in [7, 11) is -8.41. The van der Waals surface area contributed by atoms with E-state index in [4.69, 9.17) is 23.8 Å². The third-order valence-corrected chi connectivity index (χ3v) is 17.8. The molecule has 0 radical (unpaired) electrons. The molecule has 28 heteroatoms. The van der Waals surface area contributed by atoms with Crippen LogP contribution in [0.3, 0.4) is 0 Å². The third-order valence-electron chi connectivity index (χ3n) is 12.8. The Kier molecular flexibility index (Phi) is 18.9. The molecule has 5 heterocycles. The molecule has 16 nitrogen and oxygen atoms in total. The lowest BCUT2D eigenvalue weighted by atomic mass is 9.98. The number of hydrogen-bond acceptors (Lipinski definition) is 15. The minimum absolute atomic E-state index is 0.0503. The zero-order valence-electron chi connectivity index (χ0n) is 41.7. The summed E-state index contributed by atoms with van der Waals surface area (Å²) < 4.78 is 199. The van der Waals surface area contributed by atoms with E-state index in [1.807, 2.05) is 0 Å². The molecule has 4 aromatic rings. The Hall–Kier alpha value is -5.42. The quantitative estimate of drug-likeness (QED) is 0.0630. The lowest BCUT2D eigenvalue weighted by Crippen LogP contribution is -2.56. The molecular formula is C49H55F10N5O11S2. The van der Waals surface area contributed by atoms with Gasteiger partial charge in [-0.25, -0.2) is 27.2 Å². The second-order valence-corrected chi connectivity index (χ2v) is 23.8. The molecule has 3 fully saturated rings. The van der Waals surface area contributed by atoms with Crippen molar-refractivity contribution >= 4 is 31.6 Å². The van der Waals surface area contributed by atoms with Gasteiger partial charge in [0.05, 0.1) is 45.0 Å². The first-order chi connectivity index (χ1) is 35.8. The molecule has 77 heavy (non-hydrogen) atoms. The molecule has 0 spiro atoms. The Bertz CT molecular complexity index is 2860. The Labute approximate surface area is 436 Å². The summed E-state index contributed by atoms with van der Waals surface area (Å²) in [6.07, 6.45) is -9.58. The average Bonchev–Trinajstić information content (AvgIpc) is 3.39. The fourth-order valence-electron chi connectivity index (χ4n) is 8.17. The van der Waals surface area contributed by atoms with E-state index >= 15 is 0 Å². The fourth-order valence-corrected chi connectivity index (χ4v) is 12.0. The molecule has 7 rings (SSSR count). The molecular weight excluding hydrogens is 1090 g/mol. The SMILES string of the molecule is CC(C)(C)OC(=O)C1(S(=O)(=O)c2ccc(-c3cnc(CCC(F)(F)C(F)(F)F)cn3)cc2)CCOCC1.O=C(NOC1CCCCO1)C1(S(=O)(=O)c2ccc(-c3cnc(CCC(F)(F)C(F)(F)F)cn3)cc2)CCOCC1. The van der Waals surface area contributed by atoms with Crippen molar-refractivity contribution in [2.75, 3.05) is 33.0 Å². The zero-order chi connectivity index (χ0) is 56.7. The van der Waals surface area contributed by atoms with E-state index in [0.29, 0.717) is 24.2 Å². The van der Waals surface area contributed by atoms with E-state index in [2.05, 4.69) is 25.4 Å². The number of halogens is 10. The predicted octanol–water partition coefficient (Wildman–Crippen LogP) is 9.11. The summed E-state index contributed by atoms with van der Waals surface area (Å²) in [6, 6.07) is 11.0. The van der Waals surface area contributed by atoms with Gasteiger partial charge in [0.1, 0.15) is 5.60 Å². The second kappa shape index (κ2) is 23.9. The number of carbonyl (C=O) groups is 2. The molecule has 0 saturated carbocycles. The van der Waals surface area contributed by atoms with Crippen LogP contribution < -0.4 is 5.48 Å². The van der Waals surface area contributed by atoms with E-state index in [1.165, 1.54) is 60.9 Å². The molecule has 3 aliphatic heterocycles. The number of aromatic nitrogens is 4. The molecule has 1 atom stereocenters. The Morgan fingerprint density at radius 3 is 1.38 bits per heavy atom. The van der Waals surface area contributed by atoms with Gasteiger partial charge in [0.15, 0.2) is 35.5 Å². The van der Waals surface area contributed by atoms with Gasteiger partial charge in [0.2, 0.25) is 0 Å². The number of nitrogens with one attached hydrogen (secondary N) is 1. The summed E-state index contributed by atoms with van der Waals surface area (Å²) >= 11 is 0. The maximum Gasteiger partial charge on any atom is 0.453 e. The highest BCUT2D eigenvalue weighted by Crippen LogP contribution is 2.42. The lowest BCUT2D eigenvalue weighted by molar-refractivity contribution is -0.284. The minimum Gasteiger partial charge on any atom is -0.459 e. The summed E-state index contributed by atoms with van der Waals surface area (Å²) in [5.41, 5.74) is 2.63. The third kappa shape index (κ3) is 14.3. The molecule has 3 saturated heterocycles. The van der Waals surface area contributed by atoms with Gasteiger partial charge in [-0.1, -0.05) is 24.3 Å². The molecule has 1 amide bonds. The molecule has 1 N–H and O–H groups in total. The molecule has 2 aromatic carbocycles. The van der Waals surface area contributed by atoms with E-state index in [-0.39, 0.29) is 84.7 Å². The van der Waals surface area contributed by atoms with E-state index in [9.17, 15) is 70.3 Å². The summed E-state index contributed by atoms with van der Waals surface area (Å²) in [5, 5.41) is 0. The van der Waals surface area contributed by atoms with E-state index in [0.717, 1.165) is 25.2 Å². The molecule has 1 unspecified atom stereocenters. The normalized spacial score (nSPS) is 18.6. The number of carbonyl (C=O) groups excluding carboxylic acids is 2. The standard InChI is InChI=1S/C25H28F5N3O6S.C24H27F5N2O5S/c26-24(27,25(28,29)30)9-8-18-15-32-20(16-31-18)17-4-6-19(7-5-17)40(35,36)23(10-13-37-14-11-23)22(34)33-39-21-3-1-2-12-38-21;1-21(2,3)36-20(32)22(10-12-35-13-11-22)37(33,34)18-6-4-16(5-7-18)19-15-30-17(14-31-19)8-9-23(25,26)24(27,28)29/h4-7,15-16,21H,1-3,8-14H2,(H,33,34);4-7,14-15H,8-13H2,1-3H3. The van der Waals surface area contributed by atoms with Gasteiger partial charge in [0, 0.05) is 88.7 Å². The number of amides is 1. The maximum absolute atomic E-state index is 13.7. The van der Waals surface area contributed by atoms with Crippen LogP contribution in [0.15, 0.2) is 83.1 Å². The van der Waals surface area contributed by atoms with Crippen molar-refractivity contribution in [2.24, 2.45) is 0 Å². The number of nitrogens with zero attached hydrogens (tertiary/aromatic N) is 4. The van der Waals surface area contributed by atoms with E-state index in [1.54, 1.807) is 20.8 Å². The van der Waals surface area contributed by atoms with Crippen LogP contribution in [0.25, 0.3) is 22.5 Å². The second-order valence-electron chi connectivity index (χ2n) is 19.3. The smallest absolute Gasteiger partial charge is 0.453 e. The van der Waals surface area contributed by atoms with Gasteiger partial charge >= 0.3 is 30.2 Å². The molecule has 0 aliphatic carbocycles. The van der Waals surface area contributed by atoms with Crippen molar-refractivity contribution in [1.29, 1.82) is 0 Å². The monoisotopic (exact) mass is 1140 g/mol. The van der Waals surface area contributed by atoms with Crippen LogP contribution in [0.4, 0.5) is 43.9 Å². The summed E-state index contributed by atoms with van der Waals surface area (Å²) in [4.78, 5) is 47.3. The number of ether oxygens (including phenoxy) is 4. The lowest BCUT2D eigenvalue weighted by Gasteiger charge is -2.36. The first kappa shape index (κ1) is 60.8. The number of esters is 1. The summed E-state index contributed by atoms with van der Waals surface area (Å²) in [5.74, 6) is -11.3. The topological polar surface area (TPSA) is 212 Å². The van der Waals surface area contributed by atoms with Crippen LogP contribution in [-0.2, 0) is 65.9 Å². The van der Waals surface area contributed by atoms with Gasteiger partial charge in [-0.3, -0.25) is 29.5 Å². The van der Waals surface area contributed by atoms with Crippen molar-refractivity contribution in [2.45, 2.75) is 147 Å². The van der Waals surface area contributed by atoms with Crippen LogP contribution in [0.5, 0.6) is 0 Å². The minimum atomic E-state index is -5.65. The molecule has 424 valence electrons. The van der Waals surface area contributed by atoms with E-state index < -0.39 is 103 Å². The largest absolute Gasteiger partial charge is 0.459 e. The number of aryl methyl sites for hydroxylation is 2. The Morgan fingerprint density at radius 2 is 1.01 bits per heavy atom. The number of rotatable bonds is 16. The Morgan fingerprint density at radius 1 is 0.597 bits per heavy atom. The highest BCUT2D eigenvalue weighted by Gasteiger charge is 2.58. The van der Waals surface area contributed by atoms with Crippen LogP contribution in [0.2, 0.25) is 0 Å². The number of alkyl halides is 10. The highest BCUT2D eigenvalue weighted by molar-refractivity contribution is 7.94. The van der Waals surface area contributed by atoms with Crippen molar-refractivity contribution in [3.63, 3.8) is 0 Å². The average molecular weight is 1140 g/mol. The van der Waals surface area contributed by atoms with Gasteiger partial charge in [-0.15, -0.1) is 0 Å². The van der Waals surface area contributed by atoms with Crippen LogP contribution in [-0.4, -0.2) is 127 Å². The van der Waals surface area contributed by atoms with Gasteiger partial charge in [-0.2, -0.15) is 43.9 Å². The first-order valence-electron chi connectivity index (χ1n) is 24.0. The number of hydroxylamine groups is 1. The van der Waals surface area contributed by atoms with Crippen LogP contribution in [0.1, 0.15) is 89.9 Å². The first-order valence-corrected chi connectivity index (χ1v) is 27.0. The zero-order valence-corrected chi connectivity index (χ0v) is 43.3. The molecule has 3 aliphatic rings. The van der Waals surface area contributed by atoms with Crippen molar-refractivity contribution < 1.29 is 94.1 Å². The van der Waals surface area contributed by atoms with Crippen LogP contribution >= 0.6 is 0 Å². The number of hydrogen-bond donors (Lipinski definition) is 1. The van der Waals surface area contributed by atoms with Crippen LogP contribution in [0, 0.1) is 0 Å². The number of sulfone groups is 2. The van der Waals surface area contributed by atoms with Crippen molar-refractivity contribution in [1.82, 2.24) is 25.4 Å². The van der Waals surface area contributed by atoms with Crippen molar-refractivity contribution in [3.8, 4) is 22.5 Å². The van der Waals surface area contributed by atoms with Gasteiger partial charge in [0.25, 0.3) is 5.91 Å². The fraction of sp³-hybridized carbons (Fsp3) is 0.551. The Balaban J connectivity index is 0.000000250.